The van der Waals surface area contributed by atoms with Crippen molar-refractivity contribution in [1.82, 2.24) is 14.9 Å². The van der Waals surface area contributed by atoms with Crippen LogP contribution in [0.5, 0.6) is 5.75 Å². The van der Waals surface area contributed by atoms with Crippen molar-refractivity contribution in [2.75, 3.05) is 12.0 Å². The molecule has 1 aliphatic rings. The molecule has 0 unspecified atom stereocenters. The van der Waals surface area contributed by atoms with Crippen LogP contribution in [0.2, 0.25) is 0 Å². The zero-order valence-electron chi connectivity index (χ0n) is 17.2. The fraction of sp³-hybridized carbons (Fsp3) is 0.304. The monoisotopic (exact) mass is 406 g/mol. The summed E-state index contributed by atoms with van der Waals surface area (Å²) in [5.41, 5.74) is 3.15. The lowest BCUT2D eigenvalue weighted by molar-refractivity contribution is 0.397. The Morgan fingerprint density at radius 3 is 2.59 bits per heavy atom. The molecule has 1 N–H and O–H groups in total. The summed E-state index contributed by atoms with van der Waals surface area (Å²) in [5, 5.41) is 4.18. The molecule has 29 heavy (non-hydrogen) atoms. The molecular weight excluding hydrogens is 380 g/mol. The zero-order valence-corrected chi connectivity index (χ0v) is 18.0. The van der Waals surface area contributed by atoms with Gasteiger partial charge in [0.2, 0.25) is 0 Å². The molecule has 0 bridgehead atoms. The summed E-state index contributed by atoms with van der Waals surface area (Å²) in [6.45, 7) is 6.60. The predicted octanol–water partition coefficient (Wildman–Crippen LogP) is 4.82. The molecule has 1 aliphatic heterocycles. The zero-order chi connectivity index (χ0) is 20.6. The van der Waals surface area contributed by atoms with Gasteiger partial charge in [-0.1, -0.05) is 12.1 Å². The molecule has 0 aliphatic carbocycles. The van der Waals surface area contributed by atoms with Gasteiger partial charge in [0.15, 0.2) is 5.11 Å². The maximum Gasteiger partial charge on any atom is 0.174 e. The lowest BCUT2D eigenvalue weighted by Gasteiger charge is -2.28. The van der Waals surface area contributed by atoms with Crippen molar-refractivity contribution in [2.24, 2.45) is 0 Å². The van der Waals surface area contributed by atoms with Crippen molar-refractivity contribution in [1.29, 1.82) is 0 Å². The van der Waals surface area contributed by atoms with Crippen LogP contribution in [0.15, 0.2) is 67.1 Å². The average Bonchev–Trinajstić information content (AvgIpc) is 3.33. The van der Waals surface area contributed by atoms with E-state index in [0.717, 1.165) is 17.1 Å². The van der Waals surface area contributed by atoms with Crippen LogP contribution in [0, 0.1) is 0 Å². The van der Waals surface area contributed by atoms with Gasteiger partial charge >= 0.3 is 0 Å². The van der Waals surface area contributed by atoms with E-state index in [9.17, 15) is 0 Å². The molecule has 150 valence electrons. The number of ether oxygens (including phenoxy) is 1. The Morgan fingerprint density at radius 2 is 1.93 bits per heavy atom. The van der Waals surface area contributed by atoms with Crippen molar-refractivity contribution in [3.8, 4) is 5.75 Å². The second-order valence-electron chi connectivity index (χ2n) is 8.22. The van der Waals surface area contributed by atoms with Crippen molar-refractivity contribution < 1.29 is 4.74 Å². The highest BCUT2D eigenvalue weighted by atomic mass is 32.1. The number of anilines is 1. The molecule has 0 spiro atoms. The molecule has 0 radical (unpaired) electrons. The maximum atomic E-state index is 5.78. The van der Waals surface area contributed by atoms with E-state index in [1.54, 1.807) is 7.11 Å². The molecular formula is C23H26N4OS. The Labute approximate surface area is 177 Å². The Balaban J connectivity index is 1.82. The van der Waals surface area contributed by atoms with E-state index in [4.69, 9.17) is 17.0 Å². The highest BCUT2D eigenvalue weighted by molar-refractivity contribution is 7.80. The number of hydrogen-bond acceptors (Lipinski definition) is 3. The van der Waals surface area contributed by atoms with Crippen molar-refractivity contribution in [3.63, 3.8) is 0 Å². The Hall–Kier alpha value is -2.86. The quantitative estimate of drug-likeness (QED) is 0.629. The van der Waals surface area contributed by atoms with E-state index in [1.807, 2.05) is 42.6 Å². The minimum atomic E-state index is -0.0503. The molecule has 1 aromatic carbocycles. The maximum absolute atomic E-state index is 5.78. The van der Waals surface area contributed by atoms with Gasteiger partial charge in [0.05, 0.1) is 24.9 Å². The van der Waals surface area contributed by atoms with Gasteiger partial charge in [0.25, 0.3) is 0 Å². The Bertz CT molecular complexity index is 1010. The molecule has 3 heterocycles. The summed E-state index contributed by atoms with van der Waals surface area (Å²) in [7, 11) is 1.68. The van der Waals surface area contributed by atoms with E-state index in [1.165, 1.54) is 5.56 Å². The Morgan fingerprint density at radius 1 is 1.10 bits per heavy atom. The van der Waals surface area contributed by atoms with Crippen molar-refractivity contribution >= 4 is 23.0 Å². The lowest BCUT2D eigenvalue weighted by Crippen LogP contribution is -2.29. The number of hydrogen-bond donors (Lipinski definition) is 1. The molecule has 2 atom stereocenters. The first-order valence-electron chi connectivity index (χ1n) is 9.71. The third kappa shape index (κ3) is 3.72. The third-order valence-electron chi connectivity index (χ3n) is 5.26. The van der Waals surface area contributed by atoms with Crippen LogP contribution in [0.4, 0.5) is 5.69 Å². The first kappa shape index (κ1) is 19.5. The molecule has 3 aromatic rings. The van der Waals surface area contributed by atoms with Crippen LogP contribution >= 0.6 is 12.2 Å². The molecule has 5 nitrogen and oxygen atoms in total. The lowest BCUT2D eigenvalue weighted by atomic mass is 9.98. The summed E-state index contributed by atoms with van der Waals surface area (Å²) in [4.78, 5) is 6.77. The summed E-state index contributed by atoms with van der Waals surface area (Å²) in [5.74, 6) is 0.803. The van der Waals surface area contributed by atoms with Crippen LogP contribution in [0.1, 0.15) is 44.1 Å². The fourth-order valence-corrected chi connectivity index (χ4v) is 4.08. The number of pyridine rings is 1. The van der Waals surface area contributed by atoms with Gasteiger partial charge in [0, 0.05) is 35.9 Å². The minimum absolute atomic E-state index is 0.00603. The van der Waals surface area contributed by atoms with E-state index in [-0.39, 0.29) is 17.6 Å². The van der Waals surface area contributed by atoms with Gasteiger partial charge in [0.1, 0.15) is 5.75 Å². The van der Waals surface area contributed by atoms with E-state index >= 15 is 0 Å². The average molecular weight is 407 g/mol. The molecule has 6 heteroatoms. The number of rotatable bonds is 4. The topological polar surface area (TPSA) is 42.3 Å². The number of nitrogens with one attached hydrogen (secondary N) is 1. The summed E-state index contributed by atoms with van der Waals surface area (Å²) in [6.07, 6.45) is 6.17. The summed E-state index contributed by atoms with van der Waals surface area (Å²) < 4.78 is 7.68. The highest BCUT2D eigenvalue weighted by Gasteiger charge is 2.41. The third-order valence-corrected chi connectivity index (χ3v) is 5.58. The van der Waals surface area contributed by atoms with Crippen molar-refractivity contribution in [2.45, 2.75) is 38.4 Å². The van der Waals surface area contributed by atoms with Crippen molar-refractivity contribution in [3.05, 3.63) is 78.4 Å². The number of nitrogens with zero attached hydrogens (tertiary/aromatic N) is 3. The van der Waals surface area contributed by atoms with E-state index < -0.39 is 0 Å². The fourth-order valence-electron chi connectivity index (χ4n) is 3.74. The van der Waals surface area contributed by atoms with Gasteiger partial charge in [-0.05, 0) is 68.9 Å². The standard InChI is InChI=1S/C23H26N4OS/c1-23(2,3)26-13-11-16(15-26)21-20(19-10-5-6-12-24-19)25-22(29)27(21)17-8-7-9-18(14-17)28-4/h5-15,20-21H,1-4H3,(H,25,29)/t20-,21-/m0/s1. The smallest absolute Gasteiger partial charge is 0.174 e. The number of aromatic nitrogens is 2. The van der Waals surface area contributed by atoms with Crippen LogP contribution in [-0.4, -0.2) is 21.8 Å². The van der Waals surface area contributed by atoms with Crippen LogP contribution in [0.25, 0.3) is 0 Å². The summed E-state index contributed by atoms with van der Waals surface area (Å²) in [6, 6.07) is 16.1. The van der Waals surface area contributed by atoms with Gasteiger partial charge in [-0.15, -0.1) is 0 Å². The van der Waals surface area contributed by atoms with Crippen LogP contribution in [-0.2, 0) is 5.54 Å². The van der Waals surface area contributed by atoms with E-state index in [2.05, 4.69) is 65.1 Å². The minimum Gasteiger partial charge on any atom is -0.497 e. The number of benzene rings is 1. The van der Waals surface area contributed by atoms with Crippen LogP contribution < -0.4 is 15.0 Å². The van der Waals surface area contributed by atoms with Gasteiger partial charge in [-0.3, -0.25) is 4.98 Å². The second kappa shape index (κ2) is 7.52. The van der Waals surface area contributed by atoms with Gasteiger partial charge in [-0.2, -0.15) is 0 Å². The second-order valence-corrected chi connectivity index (χ2v) is 8.61. The first-order chi connectivity index (χ1) is 13.9. The largest absolute Gasteiger partial charge is 0.497 e. The first-order valence-corrected chi connectivity index (χ1v) is 10.1. The number of thiocarbonyl (C=S) groups is 1. The summed E-state index contributed by atoms with van der Waals surface area (Å²) >= 11 is 5.78. The molecule has 1 fully saturated rings. The molecule has 0 amide bonds. The predicted molar refractivity (Wildman–Crippen MR) is 120 cm³/mol. The molecule has 0 saturated carbocycles. The van der Waals surface area contributed by atoms with Crippen LogP contribution in [0.3, 0.4) is 0 Å². The van der Waals surface area contributed by atoms with E-state index in [0.29, 0.717) is 5.11 Å². The molecule has 1 saturated heterocycles. The normalized spacial score (nSPS) is 19.3. The SMILES string of the molecule is COc1cccc(N2C(=S)N[C@@H](c3ccccn3)[C@@H]2c2ccn(C(C)(C)C)c2)c1. The molecule has 2 aromatic heterocycles. The van der Waals surface area contributed by atoms with Gasteiger partial charge < -0.3 is 19.5 Å². The van der Waals surface area contributed by atoms with Gasteiger partial charge in [-0.25, -0.2) is 0 Å². The number of methoxy groups -OCH3 is 1. The highest BCUT2D eigenvalue weighted by Crippen LogP contribution is 2.42. The molecule has 4 rings (SSSR count). The Kier molecular flexibility index (Phi) is 5.04.